The maximum atomic E-state index is 14.5. The first-order valence-electron chi connectivity index (χ1n) is 9.12. The van der Waals surface area contributed by atoms with Crippen LogP contribution in [-0.2, 0) is 4.79 Å². The minimum absolute atomic E-state index is 0.0583. The highest BCUT2D eigenvalue weighted by Gasteiger charge is 2.25. The van der Waals surface area contributed by atoms with E-state index in [9.17, 15) is 9.18 Å². The predicted molar refractivity (Wildman–Crippen MR) is 103 cm³/mol. The first-order chi connectivity index (χ1) is 13.0. The maximum Gasteiger partial charge on any atom is 0.227 e. The van der Waals surface area contributed by atoms with Crippen molar-refractivity contribution < 1.29 is 18.7 Å². The third-order valence-corrected chi connectivity index (χ3v) is 4.73. The van der Waals surface area contributed by atoms with Crippen LogP contribution in [0.4, 0.5) is 10.1 Å². The Balaban J connectivity index is 1.69. The topological polar surface area (TPSA) is 59.6 Å². The monoisotopic (exact) mass is 372 g/mol. The van der Waals surface area contributed by atoms with E-state index in [0.717, 1.165) is 24.9 Å². The number of aryl methyl sites for hydroxylation is 1. The number of piperidine rings is 1. The number of hydrogen-bond acceptors (Lipinski definition) is 4. The highest BCUT2D eigenvalue weighted by Crippen LogP contribution is 2.34. The Hall–Kier alpha value is -2.60. The van der Waals surface area contributed by atoms with Crippen molar-refractivity contribution in [3.05, 3.63) is 47.8 Å². The Bertz CT molecular complexity index is 825. The Labute approximate surface area is 158 Å². The molecule has 0 saturated carbocycles. The molecule has 0 spiro atoms. The van der Waals surface area contributed by atoms with Crippen LogP contribution in [0.25, 0.3) is 0 Å². The van der Waals surface area contributed by atoms with E-state index in [4.69, 9.17) is 9.47 Å². The van der Waals surface area contributed by atoms with Crippen LogP contribution in [0.5, 0.6) is 17.2 Å². The van der Waals surface area contributed by atoms with Gasteiger partial charge in [-0.2, -0.15) is 0 Å². The normalized spacial score (nSPS) is 19.4. The van der Waals surface area contributed by atoms with Gasteiger partial charge in [-0.1, -0.05) is 6.07 Å². The second-order valence-corrected chi connectivity index (χ2v) is 6.97. The summed E-state index contributed by atoms with van der Waals surface area (Å²) in [5, 5.41) is 6.12. The quantitative estimate of drug-likeness (QED) is 0.823. The Morgan fingerprint density at radius 1 is 1.19 bits per heavy atom. The van der Waals surface area contributed by atoms with Gasteiger partial charge in [0.15, 0.2) is 23.1 Å². The number of nitrogens with one attached hydrogen (secondary N) is 2. The molecule has 2 aromatic rings. The summed E-state index contributed by atoms with van der Waals surface area (Å²) < 4.78 is 25.4. The molecule has 144 valence electrons. The van der Waals surface area contributed by atoms with Crippen LogP contribution < -0.4 is 20.1 Å². The van der Waals surface area contributed by atoms with Gasteiger partial charge in [-0.05, 0) is 63.1 Å². The van der Waals surface area contributed by atoms with Gasteiger partial charge in [0.1, 0.15) is 0 Å². The van der Waals surface area contributed by atoms with Crippen LogP contribution in [0.3, 0.4) is 0 Å². The minimum atomic E-state index is -0.547. The van der Waals surface area contributed by atoms with Crippen molar-refractivity contribution in [3.8, 4) is 17.2 Å². The first-order valence-corrected chi connectivity index (χ1v) is 9.12. The third kappa shape index (κ3) is 4.77. The molecule has 1 heterocycles. The number of carbonyl (C=O) groups excluding carboxylic acids is 1. The fraction of sp³-hybridized carbons (Fsp3) is 0.381. The van der Waals surface area contributed by atoms with Gasteiger partial charge in [0.25, 0.3) is 0 Å². The van der Waals surface area contributed by atoms with Crippen LogP contribution in [0.15, 0.2) is 36.4 Å². The summed E-state index contributed by atoms with van der Waals surface area (Å²) in [6, 6.07) is 10.2. The predicted octanol–water partition coefficient (Wildman–Crippen LogP) is 4.26. The smallest absolute Gasteiger partial charge is 0.227 e. The molecule has 5 nitrogen and oxygen atoms in total. The number of methoxy groups -OCH3 is 1. The van der Waals surface area contributed by atoms with Gasteiger partial charge in [-0.25, -0.2) is 4.39 Å². The second-order valence-electron chi connectivity index (χ2n) is 6.97. The Kier molecular flexibility index (Phi) is 5.96. The molecule has 1 saturated heterocycles. The molecule has 2 N–H and O–H groups in total. The Morgan fingerprint density at radius 3 is 2.67 bits per heavy atom. The van der Waals surface area contributed by atoms with E-state index >= 15 is 0 Å². The number of rotatable bonds is 5. The average molecular weight is 372 g/mol. The highest BCUT2D eigenvalue weighted by molar-refractivity contribution is 5.92. The molecule has 0 radical (unpaired) electrons. The number of anilines is 1. The minimum Gasteiger partial charge on any atom is -0.493 e. The number of amides is 1. The lowest BCUT2D eigenvalue weighted by molar-refractivity contribution is -0.120. The van der Waals surface area contributed by atoms with Gasteiger partial charge in [0.2, 0.25) is 5.91 Å². The summed E-state index contributed by atoms with van der Waals surface area (Å²) in [6.45, 7) is 4.82. The fourth-order valence-electron chi connectivity index (χ4n) is 3.25. The fourth-order valence-corrected chi connectivity index (χ4v) is 3.25. The Morgan fingerprint density at radius 2 is 1.96 bits per heavy atom. The lowest BCUT2D eigenvalue weighted by Crippen LogP contribution is -2.40. The second kappa shape index (κ2) is 8.39. The molecule has 0 unspecified atom stereocenters. The number of halogens is 1. The summed E-state index contributed by atoms with van der Waals surface area (Å²) in [6.07, 6.45) is 1.57. The molecule has 0 aromatic heterocycles. The zero-order valence-electron chi connectivity index (χ0n) is 15.8. The molecule has 6 heteroatoms. The molecular weight excluding hydrogens is 347 g/mol. The highest BCUT2D eigenvalue weighted by atomic mass is 19.1. The zero-order chi connectivity index (χ0) is 19.4. The maximum absolute atomic E-state index is 14.5. The number of benzene rings is 2. The zero-order valence-corrected chi connectivity index (χ0v) is 15.8. The standard InChI is InChI=1S/C21H25FN2O3/c1-13-4-6-19(20(10-13)26-3)27-18-7-5-16(12-17(18)22)24-21(25)15-8-9-23-14(2)11-15/h4-7,10,12,14-15,23H,8-9,11H2,1-3H3,(H,24,25)/t14-,15-/m0/s1. The molecule has 3 rings (SSSR count). The SMILES string of the molecule is COc1cc(C)ccc1Oc1ccc(NC(=O)[C@H]2CCN[C@@H](C)C2)cc1F. The van der Waals surface area contributed by atoms with Gasteiger partial charge < -0.3 is 20.1 Å². The third-order valence-electron chi connectivity index (χ3n) is 4.73. The number of hydrogen-bond donors (Lipinski definition) is 2. The van der Waals surface area contributed by atoms with E-state index < -0.39 is 5.82 Å². The molecule has 2 aromatic carbocycles. The molecule has 1 amide bonds. The molecular formula is C21H25FN2O3. The van der Waals surface area contributed by atoms with Crippen molar-refractivity contribution in [3.63, 3.8) is 0 Å². The molecule has 1 fully saturated rings. The van der Waals surface area contributed by atoms with Gasteiger partial charge in [-0.15, -0.1) is 0 Å². The van der Waals surface area contributed by atoms with Crippen molar-refractivity contribution in [2.24, 2.45) is 5.92 Å². The first kappa shape index (κ1) is 19.2. The van der Waals surface area contributed by atoms with E-state index in [1.54, 1.807) is 12.1 Å². The van der Waals surface area contributed by atoms with Crippen LogP contribution in [0, 0.1) is 18.7 Å². The van der Waals surface area contributed by atoms with E-state index in [1.165, 1.54) is 19.2 Å². The van der Waals surface area contributed by atoms with E-state index in [2.05, 4.69) is 17.6 Å². The van der Waals surface area contributed by atoms with E-state index in [1.807, 2.05) is 19.1 Å². The summed E-state index contributed by atoms with van der Waals surface area (Å²) in [5.41, 5.74) is 1.44. The largest absolute Gasteiger partial charge is 0.493 e. The molecule has 0 aliphatic carbocycles. The molecule has 0 bridgehead atoms. The number of carbonyl (C=O) groups is 1. The van der Waals surface area contributed by atoms with E-state index in [0.29, 0.717) is 23.2 Å². The summed E-state index contributed by atoms with van der Waals surface area (Å²) in [7, 11) is 1.54. The molecule has 1 aliphatic heterocycles. The van der Waals surface area contributed by atoms with Crippen LogP contribution in [0.2, 0.25) is 0 Å². The summed E-state index contributed by atoms with van der Waals surface area (Å²) >= 11 is 0. The average Bonchev–Trinajstić information content (AvgIpc) is 2.65. The van der Waals surface area contributed by atoms with Crippen LogP contribution in [0.1, 0.15) is 25.3 Å². The van der Waals surface area contributed by atoms with Gasteiger partial charge in [-0.3, -0.25) is 4.79 Å². The van der Waals surface area contributed by atoms with Crippen molar-refractivity contribution in [2.45, 2.75) is 32.7 Å². The van der Waals surface area contributed by atoms with Gasteiger partial charge in [0, 0.05) is 23.7 Å². The lowest BCUT2D eigenvalue weighted by Gasteiger charge is -2.27. The van der Waals surface area contributed by atoms with E-state index in [-0.39, 0.29) is 17.6 Å². The van der Waals surface area contributed by atoms with Gasteiger partial charge >= 0.3 is 0 Å². The molecule has 1 aliphatic rings. The van der Waals surface area contributed by atoms with Crippen LogP contribution in [-0.4, -0.2) is 25.6 Å². The van der Waals surface area contributed by atoms with Crippen molar-refractivity contribution in [1.82, 2.24) is 5.32 Å². The molecule has 2 atom stereocenters. The summed E-state index contributed by atoms with van der Waals surface area (Å²) in [5.74, 6) is 0.364. The van der Waals surface area contributed by atoms with Gasteiger partial charge in [0.05, 0.1) is 7.11 Å². The van der Waals surface area contributed by atoms with Crippen molar-refractivity contribution in [2.75, 3.05) is 19.0 Å². The number of ether oxygens (including phenoxy) is 2. The molecule has 27 heavy (non-hydrogen) atoms. The van der Waals surface area contributed by atoms with Crippen molar-refractivity contribution in [1.29, 1.82) is 0 Å². The van der Waals surface area contributed by atoms with Crippen LogP contribution >= 0.6 is 0 Å². The lowest BCUT2D eigenvalue weighted by atomic mass is 9.92. The van der Waals surface area contributed by atoms with Crippen molar-refractivity contribution >= 4 is 11.6 Å². The summed E-state index contributed by atoms with van der Waals surface area (Å²) in [4.78, 5) is 12.4.